The van der Waals surface area contributed by atoms with Gasteiger partial charge in [-0.05, 0) is 0 Å². The summed E-state index contributed by atoms with van der Waals surface area (Å²) in [7, 11) is -4.61. The van der Waals surface area contributed by atoms with Crippen molar-refractivity contribution in [2.45, 2.75) is 19.7 Å². The second-order valence-electron chi connectivity index (χ2n) is 1.41. The minimum absolute atomic E-state index is 0.0644. The van der Waals surface area contributed by atoms with E-state index in [1.807, 2.05) is 0 Å². The van der Waals surface area contributed by atoms with Crippen molar-refractivity contribution >= 4 is 7.82 Å². The van der Waals surface area contributed by atoms with Gasteiger partial charge in [0.1, 0.15) is 0 Å². The first-order valence-corrected chi connectivity index (χ1v) is 3.86. The third-order valence-electron chi connectivity index (χ3n) is 0.573. The average molecular weight is 158 g/mol. The maximum Gasteiger partial charge on any atom is 0.472 e. The second kappa shape index (κ2) is 3.27. The van der Waals surface area contributed by atoms with Gasteiger partial charge in [-0.25, -0.2) is 8.96 Å². The highest BCUT2D eigenvalue weighted by molar-refractivity contribution is 7.46. The lowest BCUT2D eigenvalue weighted by Crippen LogP contribution is -2.01. The third kappa shape index (κ3) is 5.92. The van der Waals surface area contributed by atoms with E-state index in [2.05, 4.69) is 4.52 Å². The molecule has 0 aromatic heterocycles. The molecule has 0 saturated heterocycles. The zero-order valence-corrected chi connectivity index (χ0v) is 5.71. The monoisotopic (exact) mass is 158 g/mol. The molecule has 6 heteroatoms. The quantitative estimate of drug-likeness (QED) is 0.596. The zero-order chi connectivity index (χ0) is 7.49. The highest BCUT2D eigenvalue weighted by Gasteiger charge is 2.19. The molecule has 1 unspecified atom stereocenters. The van der Waals surface area contributed by atoms with E-state index < -0.39 is 14.2 Å². The molecule has 0 saturated carbocycles. The predicted octanol–water partition coefficient (Wildman–Crippen LogP) is 0.801. The van der Waals surface area contributed by atoms with Crippen LogP contribution in [0.1, 0.15) is 13.3 Å². The summed E-state index contributed by atoms with van der Waals surface area (Å²) in [5.41, 5.74) is 0. The van der Waals surface area contributed by atoms with Crippen LogP contribution in [0, 0.1) is 0 Å². The van der Waals surface area contributed by atoms with Crippen molar-refractivity contribution in [1.82, 2.24) is 0 Å². The van der Waals surface area contributed by atoms with Crippen LogP contribution in [0.2, 0.25) is 0 Å². The van der Waals surface area contributed by atoms with E-state index in [-0.39, 0.29) is 6.42 Å². The van der Waals surface area contributed by atoms with Crippen molar-refractivity contribution in [3.63, 3.8) is 0 Å². The molecule has 0 amide bonds. The molecule has 0 bridgehead atoms. The van der Waals surface area contributed by atoms with Gasteiger partial charge in [-0.15, -0.1) is 0 Å². The van der Waals surface area contributed by atoms with Crippen LogP contribution < -0.4 is 0 Å². The minimum atomic E-state index is -4.61. The third-order valence-corrected chi connectivity index (χ3v) is 1.08. The highest BCUT2D eigenvalue weighted by Crippen LogP contribution is 2.38. The van der Waals surface area contributed by atoms with Crippen LogP contribution in [0.5, 0.6) is 0 Å². The van der Waals surface area contributed by atoms with Crippen molar-refractivity contribution in [2.75, 3.05) is 0 Å². The van der Waals surface area contributed by atoms with E-state index in [0.717, 1.165) is 0 Å². The molecule has 0 aromatic carbocycles. The topological polar surface area (TPSA) is 66.8 Å². The molecule has 1 atom stereocenters. The normalized spacial score (nSPS) is 15.6. The lowest BCUT2D eigenvalue weighted by atomic mass is 10.5. The Morgan fingerprint density at radius 2 is 2.22 bits per heavy atom. The smallest absolute Gasteiger partial charge is 0.303 e. The summed E-state index contributed by atoms with van der Waals surface area (Å²) in [5.74, 6) is 0. The van der Waals surface area contributed by atoms with Crippen LogP contribution >= 0.6 is 7.82 Å². The van der Waals surface area contributed by atoms with Gasteiger partial charge in [0.2, 0.25) is 6.36 Å². The Morgan fingerprint density at radius 1 is 1.78 bits per heavy atom. The van der Waals surface area contributed by atoms with E-state index in [1.165, 1.54) is 6.92 Å². The minimum Gasteiger partial charge on any atom is -0.303 e. The van der Waals surface area contributed by atoms with Crippen molar-refractivity contribution in [3.05, 3.63) is 0 Å². The summed E-state index contributed by atoms with van der Waals surface area (Å²) in [4.78, 5) is 15.9. The van der Waals surface area contributed by atoms with Crippen molar-refractivity contribution < 1.29 is 23.3 Å². The number of phosphoric ester groups is 1. The number of phosphoric acid groups is 1. The maximum absolute atomic E-state index is 11.9. The van der Waals surface area contributed by atoms with Gasteiger partial charge < -0.3 is 9.79 Å². The first-order chi connectivity index (χ1) is 3.95. The van der Waals surface area contributed by atoms with Crippen molar-refractivity contribution in [1.29, 1.82) is 0 Å². The Balaban J connectivity index is 3.60. The van der Waals surface area contributed by atoms with Gasteiger partial charge >= 0.3 is 7.82 Å². The summed E-state index contributed by atoms with van der Waals surface area (Å²) in [6.45, 7) is 1.42. The first kappa shape index (κ1) is 9.04. The van der Waals surface area contributed by atoms with E-state index in [0.29, 0.717) is 0 Å². The number of alkyl halides is 1. The summed E-state index contributed by atoms with van der Waals surface area (Å²) in [6, 6.07) is 0. The molecule has 2 N–H and O–H groups in total. The average Bonchev–Trinajstić information content (AvgIpc) is 1.62. The van der Waals surface area contributed by atoms with Crippen LogP contribution in [-0.4, -0.2) is 16.1 Å². The molecule has 0 fully saturated rings. The molecule has 56 valence electrons. The summed E-state index contributed by atoms with van der Waals surface area (Å²) in [6.07, 6.45) is -1.93. The summed E-state index contributed by atoms with van der Waals surface area (Å²) in [5, 5.41) is 0. The van der Waals surface area contributed by atoms with Gasteiger partial charge in [0.05, 0.1) is 0 Å². The Bertz CT molecular complexity index is 121. The van der Waals surface area contributed by atoms with Gasteiger partial charge in [-0.3, -0.25) is 4.52 Å². The molecule has 0 aliphatic heterocycles. The number of hydrogen-bond donors (Lipinski definition) is 2. The fraction of sp³-hybridized carbons (Fsp3) is 1.00. The Kier molecular flexibility index (Phi) is 3.28. The molecule has 0 spiro atoms. The van der Waals surface area contributed by atoms with Crippen LogP contribution in [0.3, 0.4) is 0 Å². The molecule has 0 aliphatic carbocycles. The van der Waals surface area contributed by atoms with Gasteiger partial charge in [0.15, 0.2) is 0 Å². The Hall–Kier alpha value is 0.0400. The SMILES string of the molecule is CCC(F)OP(=O)(O)O. The molecule has 0 rings (SSSR count). The van der Waals surface area contributed by atoms with E-state index in [9.17, 15) is 8.96 Å². The lowest BCUT2D eigenvalue weighted by molar-refractivity contribution is 0.0330. The van der Waals surface area contributed by atoms with Gasteiger partial charge in [0, 0.05) is 6.42 Å². The number of rotatable bonds is 3. The molecular formula is C3H8FO4P. The second-order valence-corrected chi connectivity index (χ2v) is 2.61. The standard InChI is InChI=1S/C3H8FO4P/c1-2-3(4)8-9(5,6)7/h3H,2H2,1H3,(H2,5,6,7). The molecular weight excluding hydrogens is 150 g/mol. The molecule has 0 radical (unpaired) electrons. The number of halogens is 1. The molecule has 0 aromatic rings. The predicted molar refractivity (Wildman–Crippen MR) is 28.3 cm³/mol. The summed E-state index contributed by atoms with van der Waals surface area (Å²) < 4.78 is 25.3. The van der Waals surface area contributed by atoms with E-state index >= 15 is 0 Å². The molecule has 0 heterocycles. The Labute approximate surface area is 51.9 Å². The molecule has 9 heavy (non-hydrogen) atoms. The number of hydrogen-bond acceptors (Lipinski definition) is 2. The van der Waals surface area contributed by atoms with Crippen LogP contribution in [0.4, 0.5) is 4.39 Å². The van der Waals surface area contributed by atoms with Crippen molar-refractivity contribution in [2.24, 2.45) is 0 Å². The molecule has 0 aliphatic rings. The van der Waals surface area contributed by atoms with E-state index in [1.54, 1.807) is 0 Å². The van der Waals surface area contributed by atoms with Gasteiger partial charge in [-0.2, -0.15) is 0 Å². The van der Waals surface area contributed by atoms with Crippen LogP contribution in [0.25, 0.3) is 0 Å². The van der Waals surface area contributed by atoms with Crippen LogP contribution in [-0.2, 0) is 9.09 Å². The summed E-state index contributed by atoms with van der Waals surface area (Å²) >= 11 is 0. The van der Waals surface area contributed by atoms with Crippen molar-refractivity contribution in [3.8, 4) is 0 Å². The lowest BCUT2D eigenvalue weighted by Gasteiger charge is -2.06. The maximum atomic E-state index is 11.9. The highest BCUT2D eigenvalue weighted by atomic mass is 31.2. The fourth-order valence-electron chi connectivity index (χ4n) is 0.224. The van der Waals surface area contributed by atoms with Gasteiger partial charge in [-0.1, -0.05) is 6.92 Å². The fourth-order valence-corrected chi connectivity index (χ4v) is 0.671. The Morgan fingerprint density at radius 3 is 2.33 bits per heavy atom. The van der Waals surface area contributed by atoms with Crippen LogP contribution in [0.15, 0.2) is 0 Å². The first-order valence-electron chi connectivity index (χ1n) is 2.33. The van der Waals surface area contributed by atoms with Gasteiger partial charge in [0.25, 0.3) is 0 Å². The molecule has 4 nitrogen and oxygen atoms in total. The largest absolute Gasteiger partial charge is 0.472 e. The van der Waals surface area contributed by atoms with E-state index in [4.69, 9.17) is 9.79 Å². The zero-order valence-electron chi connectivity index (χ0n) is 4.82.